The molecule has 0 aliphatic rings. The molecule has 2 nitrogen and oxygen atoms in total. The SMILES string of the molecule is Cc1ccc(Br)cc1CSc1nncs1. The van der Waals surface area contributed by atoms with E-state index in [-0.39, 0.29) is 0 Å². The molecule has 0 radical (unpaired) electrons. The molecular formula is C10H9BrN2S2. The number of benzene rings is 1. The van der Waals surface area contributed by atoms with E-state index in [2.05, 4.69) is 51.3 Å². The van der Waals surface area contributed by atoms with E-state index < -0.39 is 0 Å². The third-order valence-corrected chi connectivity index (χ3v) is 4.40. The van der Waals surface area contributed by atoms with E-state index in [1.165, 1.54) is 11.1 Å². The van der Waals surface area contributed by atoms with Crippen molar-refractivity contribution in [3.8, 4) is 0 Å². The predicted molar refractivity (Wildman–Crippen MR) is 68.3 cm³/mol. The van der Waals surface area contributed by atoms with Crippen LogP contribution in [-0.4, -0.2) is 10.2 Å². The van der Waals surface area contributed by atoms with E-state index in [4.69, 9.17) is 0 Å². The Balaban J connectivity index is 2.07. The summed E-state index contributed by atoms with van der Waals surface area (Å²) in [4.78, 5) is 0. The zero-order chi connectivity index (χ0) is 10.7. The second kappa shape index (κ2) is 5.09. The molecule has 0 aliphatic heterocycles. The molecular weight excluding hydrogens is 292 g/mol. The maximum atomic E-state index is 4.00. The molecule has 0 fully saturated rings. The Morgan fingerprint density at radius 1 is 1.47 bits per heavy atom. The van der Waals surface area contributed by atoms with Gasteiger partial charge in [0.05, 0.1) is 0 Å². The predicted octanol–water partition coefficient (Wildman–Crippen LogP) is 3.90. The second-order valence-corrected chi connectivity index (χ2v) is 6.04. The van der Waals surface area contributed by atoms with Crippen molar-refractivity contribution < 1.29 is 0 Å². The van der Waals surface area contributed by atoms with E-state index in [0.29, 0.717) is 0 Å². The van der Waals surface area contributed by atoms with E-state index in [1.54, 1.807) is 28.6 Å². The zero-order valence-corrected chi connectivity index (χ0v) is 11.3. The fourth-order valence-corrected chi connectivity index (χ4v) is 3.12. The molecule has 2 rings (SSSR count). The van der Waals surface area contributed by atoms with Crippen molar-refractivity contribution in [2.24, 2.45) is 0 Å². The summed E-state index contributed by atoms with van der Waals surface area (Å²) in [5.74, 6) is 0.945. The third-order valence-electron chi connectivity index (χ3n) is 2.00. The van der Waals surface area contributed by atoms with Crippen molar-refractivity contribution in [2.45, 2.75) is 17.0 Å². The fraction of sp³-hybridized carbons (Fsp3) is 0.200. The first kappa shape index (κ1) is 11.1. The minimum Gasteiger partial charge on any atom is -0.146 e. The van der Waals surface area contributed by atoms with Gasteiger partial charge in [-0.3, -0.25) is 0 Å². The van der Waals surface area contributed by atoms with Gasteiger partial charge in [-0.05, 0) is 30.2 Å². The summed E-state index contributed by atoms with van der Waals surface area (Å²) in [6, 6.07) is 6.35. The van der Waals surface area contributed by atoms with Crippen LogP contribution in [0.3, 0.4) is 0 Å². The fourth-order valence-electron chi connectivity index (χ4n) is 1.16. The van der Waals surface area contributed by atoms with Gasteiger partial charge in [0.1, 0.15) is 5.51 Å². The summed E-state index contributed by atoms with van der Waals surface area (Å²) in [5.41, 5.74) is 4.41. The number of aryl methyl sites for hydroxylation is 1. The summed E-state index contributed by atoms with van der Waals surface area (Å²) in [5, 5.41) is 7.82. The first-order chi connectivity index (χ1) is 7.25. The van der Waals surface area contributed by atoms with Gasteiger partial charge in [0.15, 0.2) is 4.34 Å². The van der Waals surface area contributed by atoms with Gasteiger partial charge in [-0.15, -0.1) is 10.2 Å². The van der Waals surface area contributed by atoms with Gasteiger partial charge in [-0.25, -0.2) is 0 Å². The molecule has 0 saturated heterocycles. The second-order valence-electron chi connectivity index (χ2n) is 3.06. The lowest BCUT2D eigenvalue weighted by Crippen LogP contribution is -1.86. The van der Waals surface area contributed by atoms with Crippen LogP contribution in [0.15, 0.2) is 32.5 Å². The van der Waals surface area contributed by atoms with Crippen LogP contribution in [0.4, 0.5) is 0 Å². The molecule has 1 heterocycles. The standard InChI is InChI=1S/C10H9BrN2S2/c1-7-2-3-9(11)4-8(7)5-14-10-13-12-6-15-10/h2-4,6H,5H2,1H3. The van der Waals surface area contributed by atoms with Gasteiger partial charge >= 0.3 is 0 Å². The highest BCUT2D eigenvalue weighted by molar-refractivity contribution is 9.10. The molecule has 1 aromatic heterocycles. The molecule has 0 bridgehead atoms. The van der Waals surface area contributed by atoms with Crippen molar-refractivity contribution >= 4 is 39.0 Å². The first-order valence-corrected chi connectivity index (χ1v) is 7.05. The van der Waals surface area contributed by atoms with Gasteiger partial charge in [0.25, 0.3) is 0 Å². The molecule has 0 amide bonds. The molecule has 0 saturated carbocycles. The number of aromatic nitrogens is 2. The van der Waals surface area contributed by atoms with Crippen molar-refractivity contribution in [2.75, 3.05) is 0 Å². The topological polar surface area (TPSA) is 25.8 Å². The van der Waals surface area contributed by atoms with E-state index in [1.807, 2.05) is 0 Å². The van der Waals surface area contributed by atoms with Crippen molar-refractivity contribution in [3.05, 3.63) is 39.3 Å². The van der Waals surface area contributed by atoms with Crippen LogP contribution in [0.1, 0.15) is 11.1 Å². The molecule has 0 unspecified atom stereocenters. The molecule has 0 N–H and O–H groups in total. The van der Waals surface area contributed by atoms with Crippen LogP contribution in [0.25, 0.3) is 0 Å². The summed E-state index contributed by atoms with van der Waals surface area (Å²) >= 11 is 6.79. The Morgan fingerprint density at radius 3 is 3.07 bits per heavy atom. The number of halogens is 1. The van der Waals surface area contributed by atoms with E-state index >= 15 is 0 Å². The number of hydrogen-bond acceptors (Lipinski definition) is 4. The monoisotopic (exact) mass is 300 g/mol. The number of nitrogens with zero attached hydrogens (tertiary/aromatic N) is 2. The van der Waals surface area contributed by atoms with Crippen LogP contribution >= 0.6 is 39.0 Å². The lowest BCUT2D eigenvalue weighted by molar-refractivity contribution is 1.01. The highest BCUT2D eigenvalue weighted by Crippen LogP contribution is 2.26. The van der Waals surface area contributed by atoms with Crippen LogP contribution in [0.2, 0.25) is 0 Å². The molecule has 78 valence electrons. The van der Waals surface area contributed by atoms with Gasteiger partial charge in [0, 0.05) is 10.2 Å². The van der Waals surface area contributed by atoms with Crippen LogP contribution in [0, 0.1) is 6.92 Å². The molecule has 15 heavy (non-hydrogen) atoms. The maximum Gasteiger partial charge on any atom is 0.174 e. The van der Waals surface area contributed by atoms with Crippen LogP contribution in [-0.2, 0) is 5.75 Å². The average molecular weight is 301 g/mol. The first-order valence-electron chi connectivity index (χ1n) is 4.40. The summed E-state index contributed by atoms with van der Waals surface area (Å²) < 4.78 is 2.15. The molecule has 1 aromatic carbocycles. The van der Waals surface area contributed by atoms with E-state index in [0.717, 1.165) is 14.6 Å². The van der Waals surface area contributed by atoms with E-state index in [9.17, 15) is 0 Å². The number of rotatable bonds is 3. The molecule has 0 aliphatic carbocycles. The molecule has 2 aromatic rings. The highest BCUT2D eigenvalue weighted by Gasteiger charge is 2.02. The van der Waals surface area contributed by atoms with Crippen LogP contribution < -0.4 is 0 Å². The summed E-state index contributed by atoms with van der Waals surface area (Å²) in [7, 11) is 0. The Hall–Kier alpha value is -0.390. The minimum absolute atomic E-state index is 0.945. The molecule has 0 spiro atoms. The minimum atomic E-state index is 0.945. The summed E-state index contributed by atoms with van der Waals surface area (Å²) in [6.07, 6.45) is 0. The van der Waals surface area contributed by atoms with Crippen molar-refractivity contribution in [3.63, 3.8) is 0 Å². The van der Waals surface area contributed by atoms with Gasteiger partial charge in [0.2, 0.25) is 0 Å². The Labute approximate surface area is 105 Å². The van der Waals surface area contributed by atoms with Crippen LogP contribution in [0.5, 0.6) is 0 Å². The van der Waals surface area contributed by atoms with Crippen molar-refractivity contribution in [1.82, 2.24) is 10.2 Å². The lowest BCUT2D eigenvalue weighted by atomic mass is 10.1. The Morgan fingerprint density at radius 2 is 2.33 bits per heavy atom. The van der Waals surface area contributed by atoms with Crippen molar-refractivity contribution in [1.29, 1.82) is 0 Å². The Kier molecular flexibility index (Phi) is 3.77. The summed E-state index contributed by atoms with van der Waals surface area (Å²) in [6.45, 7) is 2.13. The van der Waals surface area contributed by atoms with Gasteiger partial charge < -0.3 is 0 Å². The Bertz CT molecular complexity index is 443. The number of thioether (sulfide) groups is 1. The number of hydrogen-bond donors (Lipinski definition) is 0. The molecule has 5 heteroatoms. The largest absolute Gasteiger partial charge is 0.174 e. The quantitative estimate of drug-likeness (QED) is 0.804. The normalized spacial score (nSPS) is 10.5. The highest BCUT2D eigenvalue weighted by atomic mass is 79.9. The zero-order valence-electron chi connectivity index (χ0n) is 8.11. The maximum absolute atomic E-state index is 4.00. The van der Waals surface area contributed by atoms with Gasteiger partial charge in [-0.2, -0.15) is 0 Å². The lowest BCUT2D eigenvalue weighted by Gasteiger charge is -2.04. The van der Waals surface area contributed by atoms with Gasteiger partial charge in [-0.1, -0.05) is 45.1 Å². The smallest absolute Gasteiger partial charge is 0.146 e. The average Bonchev–Trinajstić information content (AvgIpc) is 2.72. The molecule has 0 atom stereocenters. The third kappa shape index (κ3) is 3.03.